The van der Waals surface area contributed by atoms with Gasteiger partial charge in [0.2, 0.25) is 0 Å². The molecule has 0 saturated heterocycles. The number of H-pyrrole nitrogens is 1. The van der Waals surface area contributed by atoms with Crippen molar-refractivity contribution in [2.45, 2.75) is 26.3 Å². The number of phenols is 1. The molecule has 0 radical (unpaired) electrons. The van der Waals surface area contributed by atoms with Crippen LogP contribution in [0.3, 0.4) is 0 Å². The number of thiocarbonyl (C=S) groups is 1. The number of benzene rings is 3. The fourth-order valence-corrected chi connectivity index (χ4v) is 4.57. The predicted molar refractivity (Wildman–Crippen MR) is 157 cm³/mol. The van der Waals surface area contributed by atoms with Crippen LogP contribution >= 0.6 is 12.2 Å². The summed E-state index contributed by atoms with van der Waals surface area (Å²) in [5.41, 5.74) is 4.83. The summed E-state index contributed by atoms with van der Waals surface area (Å²) in [5, 5.41) is 15.1. The summed E-state index contributed by atoms with van der Waals surface area (Å²) in [7, 11) is 3.04. The molecule has 1 heterocycles. The molecule has 0 amide bonds. The van der Waals surface area contributed by atoms with E-state index in [4.69, 9.17) is 26.4 Å². The van der Waals surface area contributed by atoms with E-state index in [1.54, 1.807) is 13.2 Å². The number of methoxy groups -OCH3 is 2. The molecule has 9 heteroatoms. The molecule has 0 fully saturated rings. The number of anilines is 1. The van der Waals surface area contributed by atoms with Crippen LogP contribution in [-0.2, 0) is 28.9 Å². The van der Waals surface area contributed by atoms with Crippen LogP contribution in [0.1, 0.15) is 23.6 Å². The fraction of sp³-hybridized carbons (Fsp3) is 0.267. The van der Waals surface area contributed by atoms with Crippen LogP contribution in [0.25, 0.3) is 10.9 Å². The Bertz CT molecular complexity index is 1430. The van der Waals surface area contributed by atoms with Gasteiger partial charge in [-0.1, -0.05) is 18.2 Å². The first-order chi connectivity index (χ1) is 18.9. The molecule has 0 saturated carbocycles. The zero-order valence-electron chi connectivity index (χ0n) is 22.3. The molecule has 0 aliphatic carbocycles. The van der Waals surface area contributed by atoms with Crippen molar-refractivity contribution in [2.24, 2.45) is 0 Å². The lowest BCUT2D eigenvalue weighted by Crippen LogP contribution is -2.35. The Morgan fingerprint density at radius 2 is 1.82 bits per heavy atom. The van der Waals surface area contributed by atoms with Crippen LogP contribution in [0, 0.1) is 0 Å². The van der Waals surface area contributed by atoms with E-state index in [1.807, 2.05) is 67.7 Å². The van der Waals surface area contributed by atoms with E-state index in [-0.39, 0.29) is 18.1 Å². The number of fused-ring (bicyclic) bond motifs is 1. The number of esters is 1. The van der Waals surface area contributed by atoms with Crippen LogP contribution in [0.5, 0.6) is 17.2 Å². The third-order valence-electron chi connectivity index (χ3n) is 6.39. The molecule has 4 aromatic rings. The lowest BCUT2D eigenvalue weighted by molar-refractivity contribution is -0.139. The van der Waals surface area contributed by atoms with E-state index in [2.05, 4.69) is 15.2 Å². The Hall–Kier alpha value is -4.24. The molecular weight excluding hydrogens is 514 g/mol. The fourth-order valence-electron chi connectivity index (χ4n) is 4.29. The molecule has 0 atom stereocenters. The highest BCUT2D eigenvalue weighted by Crippen LogP contribution is 2.28. The van der Waals surface area contributed by atoms with Crippen molar-refractivity contribution in [3.63, 3.8) is 0 Å². The van der Waals surface area contributed by atoms with Crippen LogP contribution in [0.15, 0.2) is 66.9 Å². The molecule has 3 N–H and O–H groups in total. The van der Waals surface area contributed by atoms with Crippen molar-refractivity contribution in [3.8, 4) is 17.2 Å². The molecule has 8 nitrogen and oxygen atoms in total. The Labute approximate surface area is 233 Å². The average molecular weight is 548 g/mol. The second-order valence-electron chi connectivity index (χ2n) is 9.01. The Kier molecular flexibility index (Phi) is 9.27. The first-order valence-corrected chi connectivity index (χ1v) is 13.1. The van der Waals surface area contributed by atoms with Crippen molar-refractivity contribution < 1.29 is 24.1 Å². The topological polar surface area (TPSA) is 96.1 Å². The van der Waals surface area contributed by atoms with Crippen molar-refractivity contribution >= 4 is 39.9 Å². The second-order valence-corrected chi connectivity index (χ2v) is 9.40. The number of carbonyl (C=O) groups is 1. The summed E-state index contributed by atoms with van der Waals surface area (Å²) in [6, 6.07) is 18.9. The largest absolute Gasteiger partial charge is 0.504 e. The quantitative estimate of drug-likeness (QED) is 0.169. The number of aromatic nitrogens is 1. The van der Waals surface area contributed by atoms with Gasteiger partial charge in [-0.25, -0.2) is 0 Å². The average Bonchev–Trinajstić information content (AvgIpc) is 3.35. The Morgan fingerprint density at radius 1 is 1.05 bits per heavy atom. The number of phenolic OH excluding ortho intramolecular Hbond substituents is 1. The third kappa shape index (κ3) is 7.20. The molecule has 1 aromatic heterocycles. The number of nitrogens with zero attached hydrogens (tertiary/aromatic N) is 1. The van der Waals surface area contributed by atoms with Gasteiger partial charge < -0.3 is 34.5 Å². The maximum Gasteiger partial charge on any atom is 0.309 e. The van der Waals surface area contributed by atoms with E-state index < -0.39 is 0 Å². The minimum Gasteiger partial charge on any atom is -0.504 e. The summed E-state index contributed by atoms with van der Waals surface area (Å²) < 4.78 is 15.8. The SMILES string of the molecule is CCOc1cc(CN(CCc2c[nH]c3ccc(OC)cc23)C(=S)Nc2ccc(CC(=O)OC)cc2)ccc1O. The minimum absolute atomic E-state index is 0.104. The first-order valence-electron chi connectivity index (χ1n) is 12.7. The van der Waals surface area contributed by atoms with Gasteiger partial charge in [0, 0.05) is 35.9 Å². The lowest BCUT2D eigenvalue weighted by atomic mass is 10.1. The van der Waals surface area contributed by atoms with Gasteiger partial charge in [0.1, 0.15) is 5.75 Å². The van der Waals surface area contributed by atoms with Crippen molar-refractivity contribution in [1.82, 2.24) is 9.88 Å². The maximum absolute atomic E-state index is 11.6. The Balaban J connectivity index is 1.53. The van der Waals surface area contributed by atoms with E-state index >= 15 is 0 Å². The smallest absolute Gasteiger partial charge is 0.309 e. The van der Waals surface area contributed by atoms with Gasteiger partial charge >= 0.3 is 5.97 Å². The number of aromatic amines is 1. The van der Waals surface area contributed by atoms with Crippen LogP contribution in [-0.4, -0.2) is 53.4 Å². The molecule has 0 spiro atoms. The molecule has 0 unspecified atom stereocenters. The number of aromatic hydroxyl groups is 1. The summed E-state index contributed by atoms with van der Waals surface area (Å²) in [4.78, 5) is 17.0. The molecule has 204 valence electrons. The van der Waals surface area contributed by atoms with Gasteiger partial charge in [-0.2, -0.15) is 0 Å². The molecule has 3 aromatic carbocycles. The highest BCUT2D eigenvalue weighted by atomic mass is 32.1. The number of ether oxygens (including phenoxy) is 3. The highest BCUT2D eigenvalue weighted by molar-refractivity contribution is 7.80. The normalized spacial score (nSPS) is 10.7. The highest BCUT2D eigenvalue weighted by Gasteiger charge is 2.15. The molecular formula is C30H33N3O5S. The summed E-state index contributed by atoms with van der Waals surface area (Å²) >= 11 is 5.85. The number of hydrogen-bond donors (Lipinski definition) is 3. The summed E-state index contributed by atoms with van der Waals surface area (Å²) in [6.45, 7) is 3.49. The molecule has 0 bridgehead atoms. The summed E-state index contributed by atoms with van der Waals surface area (Å²) in [6.07, 6.45) is 2.97. The minimum atomic E-state index is -0.285. The van der Waals surface area contributed by atoms with Crippen molar-refractivity contribution in [2.75, 3.05) is 32.7 Å². The predicted octanol–water partition coefficient (Wildman–Crippen LogP) is 5.44. The van der Waals surface area contributed by atoms with E-state index in [0.717, 1.165) is 45.5 Å². The summed E-state index contributed by atoms with van der Waals surface area (Å²) in [5.74, 6) is 1.07. The number of rotatable bonds is 11. The van der Waals surface area contributed by atoms with Gasteiger partial charge in [-0.3, -0.25) is 4.79 Å². The van der Waals surface area contributed by atoms with Gasteiger partial charge in [0.15, 0.2) is 16.6 Å². The number of nitrogens with one attached hydrogen (secondary N) is 2. The van der Waals surface area contributed by atoms with E-state index in [0.29, 0.717) is 30.6 Å². The van der Waals surface area contributed by atoms with Gasteiger partial charge in [-0.15, -0.1) is 0 Å². The monoisotopic (exact) mass is 547 g/mol. The first kappa shape index (κ1) is 27.8. The second kappa shape index (κ2) is 13.0. The number of carbonyl (C=O) groups excluding carboxylic acids is 1. The standard InChI is InChI=1S/C30H33N3O5S/c1-4-38-28-15-21(7-12-27(28)34)19-33(14-13-22-18-31-26-11-10-24(36-2)17-25(22)26)30(39)32-23-8-5-20(6-9-23)16-29(35)37-3/h5-12,15,17-18,31,34H,4,13-14,16,19H2,1-3H3,(H,32,39). The third-order valence-corrected chi connectivity index (χ3v) is 6.75. The van der Waals surface area contributed by atoms with Crippen LogP contribution in [0.4, 0.5) is 5.69 Å². The van der Waals surface area contributed by atoms with E-state index in [1.165, 1.54) is 7.11 Å². The number of hydrogen-bond acceptors (Lipinski definition) is 6. The van der Waals surface area contributed by atoms with Crippen molar-refractivity contribution in [3.05, 3.63) is 83.6 Å². The maximum atomic E-state index is 11.6. The van der Waals surface area contributed by atoms with Crippen molar-refractivity contribution in [1.29, 1.82) is 0 Å². The Morgan fingerprint density at radius 3 is 2.54 bits per heavy atom. The van der Waals surface area contributed by atoms with Crippen LogP contribution < -0.4 is 14.8 Å². The molecule has 4 rings (SSSR count). The zero-order valence-corrected chi connectivity index (χ0v) is 23.1. The van der Waals surface area contributed by atoms with E-state index in [9.17, 15) is 9.90 Å². The zero-order chi connectivity index (χ0) is 27.8. The van der Waals surface area contributed by atoms with Gasteiger partial charge in [0.25, 0.3) is 0 Å². The molecule has 0 aliphatic heterocycles. The molecule has 39 heavy (non-hydrogen) atoms. The lowest BCUT2D eigenvalue weighted by Gasteiger charge is -2.26. The van der Waals surface area contributed by atoms with Crippen LogP contribution in [0.2, 0.25) is 0 Å². The molecule has 0 aliphatic rings. The van der Waals surface area contributed by atoms with Gasteiger partial charge in [-0.05, 0) is 84.7 Å². The van der Waals surface area contributed by atoms with Gasteiger partial charge in [0.05, 0.1) is 27.2 Å².